The molecule has 126 valence electrons. The summed E-state index contributed by atoms with van der Waals surface area (Å²) in [5, 5.41) is 0. The molecule has 0 saturated heterocycles. The Labute approximate surface area is 136 Å². The van der Waals surface area contributed by atoms with E-state index in [4.69, 9.17) is 4.74 Å². The standard InChI is InChI=1S/C18H24FNO3/c1-13(2)11-20(12-14(3)18(22)23-4)17(21)10-7-15-5-8-16(19)9-6-15/h5-10,13-14H,11-12H2,1-4H3/b10-7+. The lowest BCUT2D eigenvalue weighted by Crippen LogP contribution is -2.38. The molecule has 0 aromatic heterocycles. The van der Waals surface area contributed by atoms with Gasteiger partial charge in [-0.05, 0) is 29.7 Å². The molecular weight excluding hydrogens is 297 g/mol. The van der Waals surface area contributed by atoms with Crippen molar-refractivity contribution in [1.82, 2.24) is 4.90 Å². The molecule has 0 radical (unpaired) electrons. The second-order valence-corrected chi connectivity index (χ2v) is 5.95. The lowest BCUT2D eigenvalue weighted by molar-refractivity contribution is -0.146. The monoisotopic (exact) mass is 321 g/mol. The third-order valence-corrected chi connectivity index (χ3v) is 3.28. The van der Waals surface area contributed by atoms with Gasteiger partial charge in [-0.2, -0.15) is 0 Å². The highest BCUT2D eigenvalue weighted by molar-refractivity contribution is 5.92. The molecule has 4 nitrogen and oxygen atoms in total. The van der Waals surface area contributed by atoms with Crippen LogP contribution in [0.1, 0.15) is 26.3 Å². The van der Waals surface area contributed by atoms with Crippen molar-refractivity contribution < 1.29 is 18.7 Å². The van der Waals surface area contributed by atoms with E-state index in [1.165, 1.54) is 25.3 Å². The third-order valence-electron chi connectivity index (χ3n) is 3.28. The minimum Gasteiger partial charge on any atom is -0.469 e. The van der Waals surface area contributed by atoms with E-state index in [0.29, 0.717) is 13.1 Å². The highest BCUT2D eigenvalue weighted by Gasteiger charge is 2.20. The topological polar surface area (TPSA) is 46.6 Å². The minimum absolute atomic E-state index is 0.182. The molecule has 0 aliphatic carbocycles. The van der Waals surface area contributed by atoms with E-state index < -0.39 is 0 Å². The number of hydrogen-bond donors (Lipinski definition) is 0. The molecule has 0 fully saturated rings. The van der Waals surface area contributed by atoms with Crippen LogP contribution in [-0.2, 0) is 14.3 Å². The fourth-order valence-corrected chi connectivity index (χ4v) is 2.15. The number of halogens is 1. The molecule has 0 aliphatic rings. The van der Waals surface area contributed by atoms with Gasteiger partial charge in [-0.3, -0.25) is 9.59 Å². The highest BCUT2D eigenvalue weighted by atomic mass is 19.1. The molecule has 0 aliphatic heterocycles. The van der Waals surface area contributed by atoms with Crippen LogP contribution in [0.15, 0.2) is 30.3 Å². The summed E-state index contributed by atoms with van der Waals surface area (Å²) in [6, 6.07) is 5.89. The summed E-state index contributed by atoms with van der Waals surface area (Å²) in [4.78, 5) is 25.6. The molecule has 0 spiro atoms. The van der Waals surface area contributed by atoms with Crippen molar-refractivity contribution in [1.29, 1.82) is 0 Å². The van der Waals surface area contributed by atoms with Crippen LogP contribution in [0.2, 0.25) is 0 Å². The van der Waals surface area contributed by atoms with Gasteiger partial charge in [-0.25, -0.2) is 4.39 Å². The lowest BCUT2D eigenvalue weighted by atomic mass is 10.1. The normalized spacial score (nSPS) is 12.4. The summed E-state index contributed by atoms with van der Waals surface area (Å²) < 4.78 is 17.6. The van der Waals surface area contributed by atoms with Crippen LogP contribution in [-0.4, -0.2) is 37.0 Å². The Morgan fingerprint density at radius 2 is 1.78 bits per heavy atom. The van der Waals surface area contributed by atoms with E-state index in [1.54, 1.807) is 30.0 Å². The number of benzene rings is 1. The van der Waals surface area contributed by atoms with Crippen LogP contribution in [0.4, 0.5) is 4.39 Å². The van der Waals surface area contributed by atoms with Gasteiger partial charge in [-0.1, -0.05) is 32.9 Å². The quantitative estimate of drug-likeness (QED) is 0.572. The lowest BCUT2D eigenvalue weighted by Gasteiger charge is -2.25. The Morgan fingerprint density at radius 3 is 2.30 bits per heavy atom. The van der Waals surface area contributed by atoms with Gasteiger partial charge < -0.3 is 9.64 Å². The summed E-state index contributed by atoms with van der Waals surface area (Å²) in [6.45, 7) is 6.60. The molecule has 0 heterocycles. The molecule has 1 aromatic rings. The molecule has 1 aromatic carbocycles. The molecule has 1 atom stereocenters. The van der Waals surface area contributed by atoms with Crippen molar-refractivity contribution in [2.75, 3.05) is 20.2 Å². The maximum atomic E-state index is 12.9. The van der Waals surface area contributed by atoms with Crippen molar-refractivity contribution in [3.63, 3.8) is 0 Å². The molecule has 1 unspecified atom stereocenters. The van der Waals surface area contributed by atoms with E-state index in [-0.39, 0.29) is 29.5 Å². The van der Waals surface area contributed by atoms with Crippen LogP contribution < -0.4 is 0 Å². The largest absolute Gasteiger partial charge is 0.469 e. The van der Waals surface area contributed by atoms with Crippen LogP contribution >= 0.6 is 0 Å². The molecule has 5 heteroatoms. The summed E-state index contributed by atoms with van der Waals surface area (Å²) in [5.41, 5.74) is 0.741. The fraction of sp³-hybridized carbons (Fsp3) is 0.444. The van der Waals surface area contributed by atoms with Gasteiger partial charge in [0.2, 0.25) is 5.91 Å². The Kier molecular flexibility index (Phi) is 7.45. The van der Waals surface area contributed by atoms with Gasteiger partial charge in [0.25, 0.3) is 0 Å². The van der Waals surface area contributed by atoms with Gasteiger partial charge in [0, 0.05) is 19.2 Å². The number of carbonyl (C=O) groups excluding carboxylic acids is 2. The first-order chi connectivity index (χ1) is 10.8. The highest BCUT2D eigenvalue weighted by Crippen LogP contribution is 2.09. The minimum atomic E-state index is -0.387. The SMILES string of the molecule is COC(=O)C(C)CN(CC(C)C)C(=O)/C=C/c1ccc(F)cc1. The summed E-state index contributed by atoms with van der Waals surface area (Å²) >= 11 is 0. The molecular formula is C18H24FNO3. The first-order valence-corrected chi connectivity index (χ1v) is 7.63. The summed E-state index contributed by atoms with van der Waals surface area (Å²) in [6.07, 6.45) is 3.08. The maximum Gasteiger partial charge on any atom is 0.310 e. The second-order valence-electron chi connectivity index (χ2n) is 5.95. The Hall–Kier alpha value is -2.17. The van der Waals surface area contributed by atoms with Crippen molar-refractivity contribution >= 4 is 18.0 Å². The average molecular weight is 321 g/mol. The molecule has 1 rings (SSSR count). The van der Waals surface area contributed by atoms with Crippen LogP contribution in [0.3, 0.4) is 0 Å². The third kappa shape index (κ3) is 6.63. The van der Waals surface area contributed by atoms with Gasteiger partial charge in [0.1, 0.15) is 5.82 Å². The second kappa shape index (κ2) is 9.08. The van der Waals surface area contributed by atoms with Gasteiger partial charge in [0.15, 0.2) is 0 Å². The van der Waals surface area contributed by atoms with Crippen LogP contribution in [0.5, 0.6) is 0 Å². The predicted octanol–water partition coefficient (Wildman–Crippen LogP) is 3.13. The zero-order chi connectivity index (χ0) is 17.4. The fourth-order valence-electron chi connectivity index (χ4n) is 2.15. The number of methoxy groups -OCH3 is 1. The number of hydrogen-bond acceptors (Lipinski definition) is 3. The molecule has 0 bridgehead atoms. The van der Waals surface area contributed by atoms with Gasteiger partial charge >= 0.3 is 5.97 Å². The Morgan fingerprint density at radius 1 is 1.17 bits per heavy atom. The first-order valence-electron chi connectivity index (χ1n) is 7.63. The summed E-state index contributed by atoms with van der Waals surface area (Å²) in [5.74, 6) is -0.945. The number of ether oxygens (including phenoxy) is 1. The number of rotatable bonds is 7. The van der Waals surface area contributed by atoms with Crippen LogP contribution in [0.25, 0.3) is 6.08 Å². The number of carbonyl (C=O) groups is 2. The first kappa shape index (κ1) is 18.9. The van der Waals surface area contributed by atoms with Crippen molar-refractivity contribution in [3.05, 3.63) is 41.7 Å². The van der Waals surface area contributed by atoms with Gasteiger partial charge in [-0.15, -0.1) is 0 Å². The van der Waals surface area contributed by atoms with E-state index in [2.05, 4.69) is 0 Å². The molecule has 0 N–H and O–H groups in total. The number of amides is 1. The molecule has 1 amide bonds. The van der Waals surface area contributed by atoms with Crippen molar-refractivity contribution in [2.45, 2.75) is 20.8 Å². The van der Waals surface area contributed by atoms with E-state index in [1.807, 2.05) is 13.8 Å². The zero-order valence-corrected chi connectivity index (χ0v) is 14.1. The van der Waals surface area contributed by atoms with Crippen molar-refractivity contribution in [3.8, 4) is 0 Å². The number of nitrogens with zero attached hydrogens (tertiary/aromatic N) is 1. The average Bonchev–Trinajstić information content (AvgIpc) is 2.52. The molecule has 0 saturated carbocycles. The Bertz CT molecular complexity index is 552. The smallest absolute Gasteiger partial charge is 0.310 e. The Balaban J connectivity index is 2.78. The summed E-state index contributed by atoms with van der Waals surface area (Å²) in [7, 11) is 1.34. The maximum absolute atomic E-state index is 12.9. The van der Waals surface area contributed by atoms with Crippen LogP contribution in [0, 0.1) is 17.7 Å². The van der Waals surface area contributed by atoms with Crippen molar-refractivity contribution in [2.24, 2.45) is 11.8 Å². The van der Waals surface area contributed by atoms with E-state index in [0.717, 1.165) is 5.56 Å². The van der Waals surface area contributed by atoms with Gasteiger partial charge in [0.05, 0.1) is 13.0 Å². The number of esters is 1. The predicted molar refractivity (Wildman–Crippen MR) is 88.0 cm³/mol. The van der Waals surface area contributed by atoms with E-state index in [9.17, 15) is 14.0 Å². The van der Waals surface area contributed by atoms with E-state index >= 15 is 0 Å². The molecule has 23 heavy (non-hydrogen) atoms. The zero-order valence-electron chi connectivity index (χ0n) is 14.1.